The molecule has 1 nitrogen and oxygen atoms in total. The zero-order chi connectivity index (χ0) is 28.0. The van der Waals surface area contributed by atoms with Gasteiger partial charge in [-0.25, -0.2) is 0 Å². The number of nitrogens with zero attached hydrogens (tertiary/aromatic N) is 1. The lowest BCUT2D eigenvalue weighted by Crippen LogP contribution is -2.17. The molecular weight excluding hydrogens is 506 g/mol. The van der Waals surface area contributed by atoms with Gasteiger partial charge in [-0.15, -0.1) is 0 Å². The maximum absolute atomic E-state index is 2.46. The maximum Gasteiger partial charge on any atom is 0.0546 e. The van der Waals surface area contributed by atoms with Crippen molar-refractivity contribution >= 4 is 43.7 Å². The van der Waals surface area contributed by atoms with Crippen molar-refractivity contribution in [2.45, 2.75) is 19.8 Å². The van der Waals surface area contributed by atoms with Crippen LogP contribution in [-0.2, 0) is 0 Å². The molecule has 0 aliphatic heterocycles. The van der Waals surface area contributed by atoms with Gasteiger partial charge in [-0.05, 0) is 93.4 Å². The SMILES string of the molecule is Cc1cc(-c2ccccc2)c2ccc3c(N(C4=CCCC=C4)c4ccccc4)cc(-c4ccccc4)c4ccc1c2c43. The van der Waals surface area contributed by atoms with Crippen molar-refractivity contribution < 1.29 is 0 Å². The fourth-order valence-electron chi connectivity index (χ4n) is 6.82. The Morgan fingerprint density at radius 3 is 1.69 bits per heavy atom. The predicted molar refractivity (Wildman–Crippen MR) is 181 cm³/mol. The third kappa shape index (κ3) is 3.93. The Bertz CT molecular complexity index is 2120. The summed E-state index contributed by atoms with van der Waals surface area (Å²) >= 11 is 0. The average Bonchev–Trinajstić information content (AvgIpc) is 3.06. The van der Waals surface area contributed by atoms with Crippen molar-refractivity contribution in [3.8, 4) is 22.3 Å². The first kappa shape index (κ1) is 24.6. The van der Waals surface area contributed by atoms with Crippen LogP contribution in [0.4, 0.5) is 11.4 Å². The normalized spacial score (nSPS) is 13.2. The van der Waals surface area contributed by atoms with Crippen LogP contribution in [0.2, 0.25) is 0 Å². The first-order valence-electron chi connectivity index (χ1n) is 14.9. The summed E-state index contributed by atoms with van der Waals surface area (Å²) in [5, 5.41) is 7.88. The summed E-state index contributed by atoms with van der Waals surface area (Å²) in [6.07, 6.45) is 9.10. The molecule has 0 saturated carbocycles. The van der Waals surface area contributed by atoms with E-state index in [4.69, 9.17) is 0 Å². The van der Waals surface area contributed by atoms with Gasteiger partial charge in [0.1, 0.15) is 0 Å². The smallest absolute Gasteiger partial charge is 0.0546 e. The van der Waals surface area contributed by atoms with Gasteiger partial charge in [0.25, 0.3) is 0 Å². The van der Waals surface area contributed by atoms with Crippen molar-refractivity contribution in [2.24, 2.45) is 0 Å². The van der Waals surface area contributed by atoms with E-state index in [1.165, 1.54) is 77.2 Å². The van der Waals surface area contributed by atoms with Crippen LogP contribution in [0, 0.1) is 6.92 Å². The minimum atomic E-state index is 1.05. The van der Waals surface area contributed by atoms with Gasteiger partial charge in [-0.1, -0.05) is 121 Å². The van der Waals surface area contributed by atoms with Crippen LogP contribution >= 0.6 is 0 Å². The number of para-hydroxylation sites is 1. The van der Waals surface area contributed by atoms with Crippen molar-refractivity contribution in [3.05, 3.63) is 157 Å². The molecule has 0 fully saturated rings. The molecule has 0 aromatic heterocycles. The molecular formula is C41H31N. The van der Waals surface area contributed by atoms with Gasteiger partial charge in [0.05, 0.1) is 5.69 Å². The first-order chi connectivity index (χ1) is 20.8. The molecule has 1 heteroatoms. The van der Waals surface area contributed by atoms with Crippen LogP contribution < -0.4 is 4.90 Å². The van der Waals surface area contributed by atoms with Gasteiger partial charge in [0.15, 0.2) is 0 Å². The minimum absolute atomic E-state index is 1.05. The Labute approximate surface area is 247 Å². The Hall–Kier alpha value is -5.14. The molecule has 0 radical (unpaired) electrons. The lowest BCUT2D eigenvalue weighted by molar-refractivity contribution is 0.998. The number of hydrogen-bond acceptors (Lipinski definition) is 1. The quantitative estimate of drug-likeness (QED) is 0.197. The van der Waals surface area contributed by atoms with Crippen molar-refractivity contribution in [3.63, 3.8) is 0 Å². The van der Waals surface area contributed by atoms with E-state index in [1.807, 2.05) is 0 Å². The van der Waals surface area contributed by atoms with Gasteiger partial charge >= 0.3 is 0 Å². The van der Waals surface area contributed by atoms with Crippen LogP contribution in [0.5, 0.6) is 0 Å². The molecule has 0 unspecified atom stereocenters. The van der Waals surface area contributed by atoms with E-state index in [1.54, 1.807) is 0 Å². The van der Waals surface area contributed by atoms with Crippen LogP contribution in [-0.4, -0.2) is 0 Å². The number of allylic oxidation sites excluding steroid dienone is 3. The van der Waals surface area contributed by atoms with E-state index in [0.29, 0.717) is 0 Å². The fourth-order valence-corrected chi connectivity index (χ4v) is 6.82. The fraction of sp³-hybridized carbons (Fsp3) is 0.0732. The Balaban J connectivity index is 1.54. The second-order valence-electron chi connectivity index (χ2n) is 11.3. The molecule has 0 N–H and O–H groups in total. The highest BCUT2D eigenvalue weighted by atomic mass is 15.1. The number of aryl methyl sites for hydroxylation is 1. The number of benzene rings is 7. The molecule has 1 aliphatic rings. The molecule has 0 heterocycles. The van der Waals surface area contributed by atoms with E-state index in [9.17, 15) is 0 Å². The van der Waals surface area contributed by atoms with Gasteiger partial charge in [-0.2, -0.15) is 0 Å². The summed E-state index contributed by atoms with van der Waals surface area (Å²) in [5.41, 5.74) is 9.95. The average molecular weight is 538 g/mol. The van der Waals surface area contributed by atoms with E-state index in [-0.39, 0.29) is 0 Å². The van der Waals surface area contributed by atoms with E-state index < -0.39 is 0 Å². The number of anilines is 2. The van der Waals surface area contributed by atoms with Crippen LogP contribution in [0.3, 0.4) is 0 Å². The van der Waals surface area contributed by atoms with Gasteiger partial charge in [0, 0.05) is 22.2 Å². The molecule has 0 amide bonds. The summed E-state index contributed by atoms with van der Waals surface area (Å²) in [6, 6.07) is 46.7. The van der Waals surface area contributed by atoms with E-state index in [2.05, 4.69) is 157 Å². The van der Waals surface area contributed by atoms with Crippen molar-refractivity contribution in [2.75, 3.05) is 4.90 Å². The standard InChI is InChI=1S/C41H31N/c1-28-26-37(29-14-6-2-7-15-29)34-24-25-36-39(42(31-18-10-4-11-19-31)32-20-12-5-13-21-32)27-38(30-16-8-3-9-17-30)35-23-22-33(28)40(34)41(35)36/h2-4,6-12,14-27H,5,13H2,1H3. The Morgan fingerprint density at radius 1 is 0.524 bits per heavy atom. The molecule has 0 spiro atoms. The third-order valence-electron chi connectivity index (χ3n) is 8.74. The lowest BCUT2D eigenvalue weighted by atomic mass is 9.84. The molecule has 7 aromatic carbocycles. The van der Waals surface area contributed by atoms with Gasteiger partial charge < -0.3 is 4.90 Å². The molecule has 42 heavy (non-hydrogen) atoms. The largest absolute Gasteiger partial charge is 0.310 e. The lowest BCUT2D eigenvalue weighted by Gasteiger charge is -2.30. The molecule has 0 saturated heterocycles. The van der Waals surface area contributed by atoms with E-state index >= 15 is 0 Å². The first-order valence-corrected chi connectivity index (χ1v) is 14.9. The summed E-state index contributed by atoms with van der Waals surface area (Å²) in [6.45, 7) is 2.26. The van der Waals surface area contributed by atoms with Crippen LogP contribution in [0.25, 0.3) is 54.6 Å². The highest BCUT2D eigenvalue weighted by Crippen LogP contribution is 2.48. The van der Waals surface area contributed by atoms with Crippen molar-refractivity contribution in [1.82, 2.24) is 0 Å². The molecule has 0 bridgehead atoms. The second kappa shape index (κ2) is 10.0. The zero-order valence-corrected chi connectivity index (χ0v) is 23.7. The second-order valence-corrected chi connectivity index (χ2v) is 11.3. The van der Waals surface area contributed by atoms with Gasteiger partial charge in [0.2, 0.25) is 0 Å². The summed E-state index contributed by atoms with van der Waals surface area (Å²) in [5.74, 6) is 0. The number of hydrogen-bond donors (Lipinski definition) is 0. The monoisotopic (exact) mass is 537 g/mol. The highest BCUT2D eigenvalue weighted by Gasteiger charge is 2.23. The van der Waals surface area contributed by atoms with Crippen molar-refractivity contribution in [1.29, 1.82) is 0 Å². The molecule has 0 atom stereocenters. The van der Waals surface area contributed by atoms with E-state index in [0.717, 1.165) is 12.8 Å². The predicted octanol–water partition coefficient (Wildman–Crippen LogP) is 11.6. The number of rotatable bonds is 5. The summed E-state index contributed by atoms with van der Waals surface area (Å²) in [7, 11) is 0. The topological polar surface area (TPSA) is 3.24 Å². The minimum Gasteiger partial charge on any atom is -0.310 e. The molecule has 1 aliphatic carbocycles. The van der Waals surface area contributed by atoms with Gasteiger partial charge in [-0.3, -0.25) is 0 Å². The molecule has 200 valence electrons. The summed E-state index contributed by atoms with van der Waals surface area (Å²) < 4.78 is 0. The maximum atomic E-state index is 2.46. The third-order valence-corrected chi connectivity index (χ3v) is 8.74. The summed E-state index contributed by atoms with van der Waals surface area (Å²) in [4.78, 5) is 2.46. The Morgan fingerprint density at radius 2 is 1.07 bits per heavy atom. The molecule has 7 aromatic rings. The molecule has 8 rings (SSSR count). The Kier molecular flexibility index (Phi) is 5.89. The van der Waals surface area contributed by atoms with Crippen LogP contribution in [0.1, 0.15) is 18.4 Å². The van der Waals surface area contributed by atoms with Crippen LogP contribution in [0.15, 0.2) is 151 Å². The zero-order valence-electron chi connectivity index (χ0n) is 23.7. The highest BCUT2D eigenvalue weighted by molar-refractivity contribution is 6.30.